The summed E-state index contributed by atoms with van der Waals surface area (Å²) in [6.07, 6.45) is 4.03. The molecule has 7 rings (SSSR count). The molecule has 3 aromatic heterocycles. The van der Waals surface area contributed by atoms with Crippen molar-refractivity contribution in [3.8, 4) is 11.4 Å². The van der Waals surface area contributed by atoms with Crippen LogP contribution in [0.5, 0.6) is 0 Å². The normalized spacial score (nSPS) is 24.0. The van der Waals surface area contributed by atoms with Crippen LogP contribution in [0.25, 0.3) is 28.4 Å². The molecule has 7 nitrogen and oxygen atoms in total. The number of pyridine rings is 2. The Bertz CT molecular complexity index is 1360. The molecule has 2 unspecified atom stereocenters. The summed E-state index contributed by atoms with van der Waals surface area (Å²) in [6.45, 7) is 2.94. The Morgan fingerprint density at radius 2 is 2.00 bits per heavy atom. The minimum atomic E-state index is -4.39. The number of nitrogens with one attached hydrogen (secondary N) is 1. The van der Waals surface area contributed by atoms with Crippen LogP contribution in [0, 0.1) is 0 Å². The zero-order chi connectivity index (χ0) is 23.7. The average Bonchev–Trinajstić information content (AvgIpc) is 3.44. The van der Waals surface area contributed by atoms with Crippen molar-refractivity contribution in [1.29, 1.82) is 0 Å². The summed E-state index contributed by atoms with van der Waals surface area (Å²) in [6, 6.07) is 1.91. The Labute approximate surface area is 199 Å². The molecule has 35 heavy (non-hydrogen) atoms. The topological polar surface area (TPSA) is 76.1 Å². The molecule has 1 N–H and O–H groups in total. The Balaban J connectivity index is 1.40. The zero-order valence-electron chi connectivity index (χ0n) is 18.8. The summed E-state index contributed by atoms with van der Waals surface area (Å²) in [5.74, 6) is 1.64. The number of allylic oxidation sites excluding steroid dienone is 1. The number of aromatic nitrogens is 4. The minimum absolute atomic E-state index is 0.0749. The van der Waals surface area contributed by atoms with Gasteiger partial charge in [0, 0.05) is 60.5 Å². The fourth-order valence-electron chi connectivity index (χ4n) is 5.51. The van der Waals surface area contributed by atoms with E-state index >= 15 is 0 Å². The molecule has 3 fully saturated rings. The van der Waals surface area contributed by atoms with Crippen LogP contribution in [0.4, 0.5) is 19.0 Å². The van der Waals surface area contributed by atoms with E-state index in [1.165, 1.54) is 12.3 Å². The molecule has 0 radical (unpaired) electrons. The van der Waals surface area contributed by atoms with E-state index < -0.39 is 11.7 Å². The lowest BCUT2D eigenvalue weighted by molar-refractivity contribution is -0.0918. The maximum atomic E-state index is 13.4. The van der Waals surface area contributed by atoms with Crippen LogP contribution in [0.15, 0.2) is 30.2 Å². The van der Waals surface area contributed by atoms with Crippen molar-refractivity contribution in [3.05, 3.63) is 47.1 Å². The summed E-state index contributed by atoms with van der Waals surface area (Å²) in [7, 11) is 0. The van der Waals surface area contributed by atoms with Crippen molar-refractivity contribution in [2.45, 2.75) is 43.5 Å². The minimum Gasteiger partial charge on any atom is -0.373 e. The lowest BCUT2D eigenvalue weighted by Gasteiger charge is -2.25. The summed E-state index contributed by atoms with van der Waals surface area (Å²) in [5.41, 5.74) is 2.65. The maximum absolute atomic E-state index is 13.4. The fraction of sp³-hybridized carbons (Fsp3) is 0.440. The Morgan fingerprint density at radius 1 is 1.11 bits per heavy atom. The number of nitrogens with zero attached hydrogens (tertiary/aromatic N) is 5. The molecule has 2 aliphatic heterocycles. The number of hydrogen-bond acceptors (Lipinski definition) is 7. The van der Waals surface area contributed by atoms with E-state index in [1.54, 1.807) is 12.3 Å². The summed E-state index contributed by atoms with van der Waals surface area (Å²) >= 11 is 0. The number of fused-ring (bicyclic) bond motifs is 3. The number of rotatable bonds is 3. The number of hydrogen-bond donors (Lipinski definition) is 1. The van der Waals surface area contributed by atoms with Crippen LogP contribution in [0.2, 0.25) is 0 Å². The molecule has 0 amide bonds. The van der Waals surface area contributed by atoms with Gasteiger partial charge >= 0.3 is 6.18 Å². The number of ether oxygens (including phenoxy) is 1. The van der Waals surface area contributed by atoms with Crippen LogP contribution in [-0.4, -0.2) is 64.5 Å². The van der Waals surface area contributed by atoms with Gasteiger partial charge in [-0.05, 0) is 36.5 Å². The van der Waals surface area contributed by atoms with Crippen molar-refractivity contribution in [3.63, 3.8) is 0 Å². The molecule has 2 saturated heterocycles. The van der Waals surface area contributed by atoms with Crippen LogP contribution >= 0.6 is 0 Å². The van der Waals surface area contributed by atoms with E-state index in [4.69, 9.17) is 14.7 Å². The number of halogens is 3. The molecule has 3 aromatic rings. The first-order valence-corrected chi connectivity index (χ1v) is 12.0. The van der Waals surface area contributed by atoms with Gasteiger partial charge in [0.15, 0.2) is 5.82 Å². The molecule has 2 atom stereocenters. The first-order valence-electron chi connectivity index (χ1n) is 12.0. The molecule has 0 bridgehead atoms. The number of anilines is 1. The van der Waals surface area contributed by atoms with E-state index in [9.17, 15) is 13.2 Å². The molecular weight excluding hydrogens is 457 g/mol. The van der Waals surface area contributed by atoms with Gasteiger partial charge in [0.25, 0.3) is 0 Å². The highest BCUT2D eigenvalue weighted by molar-refractivity contribution is 5.94. The van der Waals surface area contributed by atoms with Gasteiger partial charge in [-0.3, -0.25) is 9.97 Å². The Kier molecular flexibility index (Phi) is 4.66. The maximum Gasteiger partial charge on any atom is 0.413 e. The van der Waals surface area contributed by atoms with E-state index in [1.807, 2.05) is 6.20 Å². The Hall–Kier alpha value is -3.11. The summed E-state index contributed by atoms with van der Waals surface area (Å²) in [4.78, 5) is 20.7. The van der Waals surface area contributed by atoms with Gasteiger partial charge < -0.3 is 15.0 Å². The highest BCUT2D eigenvalue weighted by Crippen LogP contribution is 2.46. The van der Waals surface area contributed by atoms with Crippen molar-refractivity contribution < 1.29 is 17.9 Å². The molecular formula is C25H23F3N6O. The third-order valence-corrected chi connectivity index (χ3v) is 7.39. The SMILES string of the molecule is FC(F)(F)C1=Cc2c(-c3nc(N4CC5NCCOC5C4)c4c(C5CC5)cncc4n3)ccnc2C1. The molecule has 0 aromatic carbocycles. The summed E-state index contributed by atoms with van der Waals surface area (Å²) < 4.78 is 46.3. The first-order chi connectivity index (χ1) is 17.0. The van der Waals surface area contributed by atoms with Crippen molar-refractivity contribution in [2.24, 2.45) is 0 Å². The van der Waals surface area contributed by atoms with E-state index in [2.05, 4.69) is 20.2 Å². The first kappa shape index (κ1) is 21.2. The van der Waals surface area contributed by atoms with Crippen LogP contribution in [-0.2, 0) is 11.2 Å². The smallest absolute Gasteiger partial charge is 0.373 e. The number of alkyl halides is 3. The zero-order valence-corrected chi connectivity index (χ0v) is 18.8. The van der Waals surface area contributed by atoms with Gasteiger partial charge in [0.2, 0.25) is 0 Å². The molecule has 180 valence electrons. The van der Waals surface area contributed by atoms with E-state index in [0.29, 0.717) is 47.2 Å². The molecule has 4 aliphatic rings. The predicted octanol–water partition coefficient (Wildman–Crippen LogP) is 3.64. The molecule has 5 heterocycles. The summed E-state index contributed by atoms with van der Waals surface area (Å²) in [5, 5.41) is 4.52. The lowest BCUT2D eigenvalue weighted by Crippen LogP contribution is -2.47. The van der Waals surface area contributed by atoms with Crippen LogP contribution in [0.1, 0.15) is 35.6 Å². The van der Waals surface area contributed by atoms with Gasteiger partial charge in [0.05, 0.1) is 36.2 Å². The van der Waals surface area contributed by atoms with Gasteiger partial charge in [-0.1, -0.05) is 0 Å². The highest BCUT2D eigenvalue weighted by Gasteiger charge is 2.39. The molecule has 1 saturated carbocycles. The van der Waals surface area contributed by atoms with Crippen molar-refractivity contribution in [1.82, 2.24) is 25.3 Å². The van der Waals surface area contributed by atoms with Gasteiger partial charge in [-0.15, -0.1) is 0 Å². The quantitative estimate of drug-likeness (QED) is 0.614. The van der Waals surface area contributed by atoms with Crippen LogP contribution < -0.4 is 10.2 Å². The van der Waals surface area contributed by atoms with Crippen LogP contribution in [0.3, 0.4) is 0 Å². The van der Waals surface area contributed by atoms with E-state index in [-0.39, 0.29) is 18.6 Å². The standard InChI is InChI=1S/C25H23F3N6O/c26-25(27,28)14-7-16-15(3-4-30-18(16)8-14)23-32-19-10-29-9-17(13-1-2-13)22(19)24(33-23)34-11-20-21(12-34)35-6-5-31-20/h3-4,7,9-10,13,20-21,31H,1-2,5-6,8,11-12H2. The highest BCUT2D eigenvalue weighted by atomic mass is 19.4. The monoisotopic (exact) mass is 480 g/mol. The molecule has 2 aliphatic carbocycles. The molecule has 0 spiro atoms. The second kappa shape index (κ2) is 7.69. The van der Waals surface area contributed by atoms with E-state index in [0.717, 1.165) is 42.7 Å². The van der Waals surface area contributed by atoms with Crippen molar-refractivity contribution in [2.75, 3.05) is 31.1 Å². The van der Waals surface area contributed by atoms with Gasteiger partial charge in [-0.25, -0.2) is 9.97 Å². The average molecular weight is 480 g/mol. The van der Waals surface area contributed by atoms with Gasteiger partial charge in [0.1, 0.15) is 5.82 Å². The largest absolute Gasteiger partial charge is 0.413 e. The lowest BCUT2D eigenvalue weighted by atomic mass is 10.1. The predicted molar refractivity (Wildman–Crippen MR) is 124 cm³/mol. The second-order valence-electron chi connectivity index (χ2n) is 9.71. The second-order valence-corrected chi connectivity index (χ2v) is 9.71. The fourth-order valence-corrected chi connectivity index (χ4v) is 5.51. The third-order valence-electron chi connectivity index (χ3n) is 7.39. The number of morpholine rings is 1. The Morgan fingerprint density at radius 3 is 2.80 bits per heavy atom. The third kappa shape index (κ3) is 3.58. The van der Waals surface area contributed by atoms with Gasteiger partial charge in [-0.2, -0.15) is 13.2 Å². The molecule has 10 heteroatoms. The van der Waals surface area contributed by atoms with Crippen molar-refractivity contribution >= 4 is 22.8 Å².